The summed E-state index contributed by atoms with van der Waals surface area (Å²) in [6, 6.07) is 21.0. The van der Waals surface area contributed by atoms with Gasteiger partial charge in [-0.1, -0.05) is 50.2 Å². The molecule has 2 aliphatic carbocycles. The van der Waals surface area contributed by atoms with E-state index in [0.717, 1.165) is 5.56 Å². The van der Waals surface area contributed by atoms with Crippen molar-refractivity contribution in [1.82, 2.24) is 4.98 Å². The van der Waals surface area contributed by atoms with Crippen molar-refractivity contribution in [2.75, 3.05) is 6.61 Å². The minimum atomic E-state index is -1.29. The normalized spacial score (nSPS) is 34.7. The number of fused-ring (bicyclic) bond motifs is 6. The largest absolute Gasteiger partial charge is 0.508 e. The molecule has 2 aromatic heterocycles. The highest BCUT2D eigenvalue weighted by Gasteiger charge is 2.71. The molecular weight excluding hydrogens is 626 g/mol. The van der Waals surface area contributed by atoms with Gasteiger partial charge >= 0.3 is 11.6 Å². The Hall–Kier alpha value is -4.51. The minimum absolute atomic E-state index is 0.0441. The number of esters is 1. The van der Waals surface area contributed by atoms with Gasteiger partial charge in [0.15, 0.2) is 6.29 Å². The number of ether oxygens (including phenoxy) is 4. The van der Waals surface area contributed by atoms with Crippen molar-refractivity contribution in [2.45, 2.75) is 70.2 Å². The third-order valence-corrected chi connectivity index (χ3v) is 11.8. The predicted molar refractivity (Wildman–Crippen MR) is 177 cm³/mol. The van der Waals surface area contributed by atoms with Crippen LogP contribution in [0.15, 0.2) is 94.4 Å². The number of phenolic OH excluding ortho intramolecular Hbond substituents is 1. The van der Waals surface area contributed by atoms with E-state index in [1.807, 2.05) is 37.3 Å². The smallest absolute Gasteiger partial charge is 0.345 e. The van der Waals surface area contributed by atoms with Crippen molar-refractivity contribution in [3.63, 3.8) is 0 Å². The van der Waals surface area contributed by atoms with E-state index in [1.54, 1.807) is 42.7 Å². The van der Waals surface area contributed by atoms with Crippen LogP contribution in [0.25, 0.3) is 11.3 Å². The van der Waals surface area contributed by atoms with Gasteiger partial charge < -0.3 is 33.6 Å². The van der Waals surface area contributed by atoms with Gasteiger partial charge in [-0.3, -0.25) is 4.98 Å². The number of aromatic nitrogens is 1. The second kappa shape index (κ2) is 11.5. The topological polar surface area (TPSA) is 138 Å². The van der Waals surface area contributed by atoms with Gasteiger partial charge in [0.2, 0.25) is 0 Å². The van der Waals surface area contributed by atoms with Gasteiger partial charge in [-0.2, -0.15) is 0 Å². The van der Waals surface area contributed by atoms with Crippen LogP contribution in [0.2, 0.25) is 0 Å². The number of hydrogen-bond acceptors (Lipinski definition) is 10. The quantitative estimate of drug-likeness (QED) is 0.237. The number of aromatic hydroxyl groups is 1. The average Bonchev–Trinajstić information content (AvgIpc) is 3.09. The van der Waals surface area contributed by atoms with Gasteiger partial charge in [0, 0.05) is 40.9 Å². The van der Waals surface area contributed by atoms with Gasteiger partial charge in [-0.25, -0.2) is 9.59 Å². The molecule has 10 nitrogen and oxygen atoms in total. The summed E-state index contributed by atoms with van der Waals surface area (Å²) in [7, 11) is 0. The molecule has 1 saturated heterocycles. The minimum Gasteiger partial charge on any atom is -0.508 e. The number of benzene rings is 2. The molecule has 4 aliphatic rings. The van der Waals surface area contributed by atoms with Crippen LogP contribution in [0, 0.1) is 22.7 Å². The van der Waals surface area contributed by atoms with Crippen molar-refractivity contribution in [1.29, 1.82) is 0 Å². The molecule has 4 heterocycles. The standard InChI is InChI=1S/C39H39NO9/c1-37-15-14-29-38(2,21-45-36(48-29)22-9-5-4-6-10-22)28(37)19-30(47-34(43)23-11-7-13-25(41)17-23)39(3)33(37)32(42)31-27(49-39)18-26(46-35(31)44)24-12-8-16-40-20-24/h4-13,16-18,20,28-30,32-33,36,41-42H,14-15,19,21H2,1-3H3/t28?,29?,30-,32?,33?,36?,37-,38-,39+/m0/s1. The maximum atomic E-state index is 13.7. The molecule has 2 N–H and O–H groups in total. The summed E-state index contributed by atoms with van der Waals surface area (Å²) in [6.45, 7) is 6.54. The zero-order valence-electron chi connectivity index (χ0n) is 27.6. The van der Waals surface area contributed by atoms with E-state index < -0.39 is 52.4 Å². The zero-order valence-corrected chi connectivity index (χ0v) is 27.6. The molecule has 0 radical (unpaired) electrons. The molecule has 9 atom stereocenters. The van der Waals surface area contributed by atoms with E-state index in [2.05, 4.69) is 18.8 Å². The summed E-state index contributed by atoms with van der Waals surface area (Å²) >= 11 is 0. The summed E-state index contributed by atoms with van der Waals surface area (Å²) in [4.78, 5) is 31.5. The number of hydrogen-bond donors (Lipinski definition) is 2. The molecule has 2 aromatic carbocycles. The lowest BCUT2D eigenvalue weighted by atomic mass is 9.42. The zero-order chi connectivity index (χ0) is 34.1. The lowest BCUT2D eigenvalue weighted by Crippen LogP contribution is -2.71. The van der Waals surface area contributed by atoms with Crippen molar-refractivity contribution < 1.29 is 38.4 Å². The maximum Gasteiger partial charge on any atom is 0.345 e. The number of carbonyl (C=O) groups is 1. The predicted octanol–water partition coefficient (Wildman–Crippen LogP) is 6.37. The third kappa shape index (κ3) is 4.99. The fourth-order valence-corrected chi connectivity index (χ4v) is 9.47. The Morgan fingerprint density at radius 1 is 1.00 bits per heavy atom. The first-order valence-electron chi connectivity index (χ1n) is 16.8. The number of rotatable bonds is 4. The van der Waals surface area contributed by atoms with Crippen molar-refractivity contribution >= 4 is 5.97 Å². The number of carbonyl (C=O) groups excluding carboxylic acids is 1. The first kappa shape index (κ1) is 31.7. The van der Waals surface area contributed by atoms with E-state index in [-0.39, 0.29) is 40.4 Å². The van der Waals surface area contributed by atoms with E-state index >= 15 is 0 Å². The van der Waals surface area contributed by atoms with Crippen molar-refractivity contribution in [3.8, 4) is 22.8 Å². The lowest BCUT2D eigenvalue weighted by molar-refractivity contribution is -0.330. The fourth-order valence-electron chi connectivity index (χ4n) is 9.47. The van der Waals surface area contributed by atoms with Crippen LogP contribution in [0.4, 0.5) is 0 Å². The van der Waals surface area contributed by atoms with Crippen LogP contribution in [0.5, 0.6) is 11.5 Å². The summed E-state index contributed by atoms with van der Waals surface area (Å²) < 4.78 is 32.0. The molecule has 3 fully saturated rings. The number of pyridine rings is 1. The van der Waals surface area contributed by atoms with Crippen LogP contribution in [-0.2, 0) is 14.2 Å². The monoisotopic (exact) mass is 665 g/mol. The highest BCUT2D eigenvalue weighted by atomic mass is 16.7. The SMILES string of the molecule is C[C@]12CCC3OC(c4ccccc4)OC[C@@]3(C)C1C[C@H](OC(=O)c1cccc(O)c1)[C@@]1(C)Oc3cc(-c4cccnc4)oc(=O)c3C(O)C21. The Morgan fingerprint density at radius 3 is 2.57 bits per heavy atom. The van der Waals surface area contributed by atoms with Gasteiger partial charge in [0.25, 0.3) is 0 Å². The molecular formula is C39H39NO9. The molecule has 0 bridgehead atoms. The maximum absolute atomic E-state index is 13.7. The molecule has 5 unspecified atom stereocenters. The number of phenols is 1. The average molecular weight is 666 g/mol. The Bertz CT molecular complexity index is 1950. The summed E-state index contributed by atoms with van der Waals surface area (Å²) in [5.74, 6) is -1.11. The number of aliphatic hydroxyl groups is 1. The fraction of sp³-hybridized carbons (Fsp3) is 0.410. The van der Waals surface area contributed by atoms with E-state index in [0.29, 0.717) is 31.4 Å². The molecule has 10 heteroatoms. The van der Waals surface area contributed by atoms with Gasteiger partial charge in [-0.05, 0) is 67.9 Å². The molecule has 49 heavy (non-hydrogen) atoms. The highest BCUT2D eigenvalue weighted by Crippen LogP contribution is 2.68. The number of nitrogens with zero attached hydrogens (tertiary/aromatic N) is 1. The molecule has 2 saturated carbocycles. The van der Waals surface area contributed by atoms with Crippen molar-refractivity contribution in [2.24, 2.45) is 22.7 Å². The molecule has 0 spiro atoms. The molecule has 4 aromatic rings. The van der Waals surface area contributed by atoms with E-state index in [9.17, 15) is 19.8 Å². The van der Waals surface area contributed by atoms with Crippen LogP contribution < -0.4 is 10.4 Å². The van der Waals surface area contributed by atoms with Gasteiger partial charge in [-0.15, -0.1) is 0 Å². The Morgan fingerprint density at radius 2 is 1.82 bits per heavy atom. The van der Waals surface area contributed by atoms with E-state index in [1.165, 1.54) is 12.1 Å². The van der Waals surface area contributed by atoms with Gasteiger partial charge in [0.1, 0.15) is 34.5 Å². The molecule has 0 amide bonds. The summed E-state index contributed by atoms with van der Waals surface area (Å²) in [6.07, 6.45) is 2.14. The van der Waals surface area contributed by atoms with Gasteiger partial charge in [0.05, 0.1) is 24.4 Å². The van der Waals surface area contributed by atoms with Crippen molar-refractivity contribution in [3.05, 3.63) is 112 Å². The Balaban J connectivity index is 1.22. The second-order valence-corrected chi connectivity index (χ2v) is 14.6. The summed E-state index contributed by atoms with van der Waals surface area (Å²) in [5, 5.41) is 22.5. The molecule has 2 aliphatic heterocycles. The van der Waals surface area contributed by atoms with E-state index in [4.69, 9.17) is 23.4 Å². The highest BCUT2D eigenvalue weighted by molar-refractivity contribution is 5.90. The van der Waals surface area contributed by atoms with Crippen LogP contribution in [0.1, 0.15) is 73.9 Å². The Kier molecular flexibility index (Phi) is 7.47. The third-order valence-electron chi connectivity index (χ3n) is 11.8. The first-order chi connectivity index (χ1) is 23.5. The second-order valence-electron chi connectivity index (χ2n) is 14.6. The first-order valence-corrected chi connectivity index (χ1v) is 16.8. The number of aliphatic hydroxyl groups excluding tert-OH is 1. The summed E-state index contributed by atoms with van der Waals surface area (Å²) in [5.41, 5.74) is -1.31. The molecule has 254 valence electrons. The van der Waals surface area contributed by atoms with Crippen LogP contribution >= 0.6 is 0 Å². The Labute approximate surface area is 283 Å². The molecule has 8 rings (SSSR count). The van der Waals surface area contributed by atoms with Crippen LogP contribution in [-0.4, -0.2) is 45.6 Å². The van der Waals surface area contributed by atoms with Crippen LogP contribution in [0.3, 0.4) is 0 Å². The lowest BCUT2D eigenvalue weighted by Gasteiger charge is -2.67.